The molecule has 0 aliphatic rings. The molecular weight excluding hydrogens is 446 g/mol. The van der Waals surface area contributed by atoms with Crippen LogP contribution in [0.25, 0.3) is 33.6 Å². The Labute approximate surface area is 211 Å². The molecule has 178 valence electrons. The topological polar surface area (TPSA) is 40.6 Å². The SMILES string of the molecule is COc1ccc(-c2cc(-c3ccc(OCc4ccccc4)cc3)cc(-c3ccc(OC)cc3)n2)cc1. The fourth-order valence-electron chi connectivity index (χ4n) is 4.00. The van der Waals surface area contributed by atoms with Gasteiger partial charge in [-0.1, -0.05) is 42.5 Å². The van der Waals surface area contributed by atoms with Crippen LogP contribution in [0.15, 0.2) is 115 Å². The van der Waals surface area contributed by atoms with Crippen molar-refractivity contribution in [1.29, 1.82) is 0 Å². The van der Waals surface area contributed by atoms with Gasteiger partial charge in [0.1, 0.15) is 23.9 Å². The van der Waals surface area contributed by atoms with Gasteiger partial charge in [-0.15, -0.1) is 0 Å². The zero-order valence-corrected chi connectivity index (χ0v) is 20.3. The summed E-state index contributed by atoms with van der Waals surface area (Å²) in [4.78, 5) is 4.98. The van der Waals surface area contributed by atoms with Crippen LogP contribution in [0, 0.1) is 0 Å². The number of hydrogen-bond acceptors (Lipinski definition) is 4. The number of hydrogen-bond donors (Lipinski definition) is 0. The predicted molar refractivity (Wildman–Crippen MR) is 144 cm³/mol. The molecule has 0 saturated carbocycles. The maximum Gasteiger partial charge on any atom is 0.119 e. The molecule has 0 radical (unpaired) electrons. The van der Waals surface area contributed by atoms with Crippen molar-refractivity contribution < 1.29 is 14.2 Å². The molecule has 36 heavy (non-hydrogen) atoms. The summed E-state index contributed by atoms with van der Waals surface area (Å²) in [5.74, 6) is 2.47. The van der Waals surface area contributed by atoms with E-state index in [0.717, 1.165) is 56.5 Å². The van der Waals surface area contributed by atoms with Crippen molar-refractivity contribution in [3.63, 3.8) is 0 Å². The lowest BCUT2D eigenvalue weighted by Gasteiger charge is -2.12. The standard InChI is InChI=1S/C32H27NO3/c1-34-28-14-10-25(11-15-28)31-20-27(21-32(33-31)26-12-16-29(35-2)17-13-26)24-8-18-30(19-9-24)36-22-23-6-4-3-5-7-23/h3-21H,22H2,1-2H3. The minimum Gasteiger partial charge on any atom is -0.497 e. The Morgan fingerprint density at radius 1 is 0.500 bits per heavy atom. The van der Waals surface area contributed by atoms with Crippen LogP contribution in [-0.2, 0) is 6.61 Å². The molecular formula is C32H27NO3. The highest BCUT2D eigenvalue weighted by atomic mass is 16.5. The summed E-state index contributed by atoms with van der Waals surface area (Å²) in [5.41, 5.74) is 7.15. The third-order valence-electron chi connectivity index (χ3n) is 6.03. The molecule has 0 aliphatic heterocycles. The number of rotatable bonds is 8. The van der Waals surface area contributed by atoms with Gasteiger partial charge in [0.25, 0.3) is 0 Å². The Bertz CT molecular complexity index is 1350. The maximum absolute atomic E-state index is 5.98. The molecule has 0 amide bonds. The number of benzene rings is 4. The quantitative estimate of drug-likeness (QED) is 0.232. The summed E-state index contributed by atoms with van der Waals surface area (Å²) in [5, 5.41) is 0. The van der Waals surface area contributed by atoms with Crippen molar-refractivity contribution in [2.45, 2.75) is 6.61 Å². The minimum atomic E-state index is 0.540. The summed E-state index contributed by atoms with van der Waals surface area (Å²) in [7, 11) is 3.34. The number of methoxy groups -OCH3 is 2. The fraction of sp³-hybridized carbons (Fsp3) is 0.0938. The number of ether oxygens (including phenoxy) is 3. The van der Waals surface area contributed by atoms with E-state index in [9.17, 15) is 0 Å². The Kier molecular flexibility index (Phi) is 6.95. The van der Waals surface area contributed by atoms with Gasteiger partial charge in [0.05, 0.1) is 25.6 Å². The number of aromatic nitrogens is 1. The van der Waals surface area contributed by atoms with Crippen LogP contribution in [0.5, 0.6) is 17.2 Å². The van der Waals surface area contributed by atoms with Crippen molar-refractivity contribution in [3.8, 4) is 50.9 Å². The van der Waals surface area contributed by atoms with Crippen LogP contribution in [0.1, 0.15) is 5.56 Å². The van der Waals surface area contributed by atoms with E-state index in [1.165, 1.54) is 0 Å². The van der Waals surface area contributed by atoms with E-state index in [1.807, 2.05) is 78.9 Å². The highest BCUT2D eigenvalue weighted by Gasteiger charge is 2.10. The third-order valence-corrected chi connectivity index (χ3v) is 6.03. The highest BCUT2D eigenvalue weighted by molar-refractivity contribution is 5.77. The summed E-state index contributed by atoms with van der Waals surface area (Å²) < 4.78 is 16.6. The molecule has 0 unspecified atom stereocenters. The zero-order valence-electron chi connectivity index (χ0n) is 20.3. The molecule has 1 heterocycles. The largest absolute Gasteiger partial charge is 0.497 e. The maximum atomic E-state index is 5.98. The first-order valence-electron chi connectivity index (χ1n) is 11.8. The van der Waals surface area contributed by atoms with Crippen LogP contribution in [-0.4, -0.2) is 19.2 Å². The van der Waals surface area contributed by atoms with Gasteiger partial charge in [-0.3, -0.25) is 0 Å². The predicted octanol–water partition coefficient (Wildman–Crippen LogP) is 7.68. The fourth-order valence-corrected chi connectivity index (χ4v) is 4.00. The van der Waals surface area contributed by atoms with Crippen LogP contribution >= 0.6 is 0 Å². The molecule has 5 rings (SSSR count). The average Bonchev–Trinajstić information content (AvgIpc) is 2.97. The number of nitrogens with zero attached hydrogens (tertiary/aromatic N) is 1. The molecule has 0 atom stereocenters. The van der Waals surface area contributed by atoms with Gasteiger partial charge in [0.2, 0.25) is 0 Å². The van der Waals surface area contributed by atoms with Crippen molar-refractivity contribution in [3.05, 3.63) is 121 Å². The van der Waals surface area contributed by atoms with Gasteiger partial charge >= 0.3 is 0 Å². The third kappa shape index (κ3) is 5.39. The van der Waals surface area contributed by atoms with E-state index in [4.69, 9.17) is 19.2 Å². The molecule has 0 N–H and O–H groups in total. The first-order chi connectivity index (χ1) is 17.7. The van der Waals surface area contributed by atoms with Crippen LogP contribution in [0.3, 0.4) is 0 Å². The molecule has 0 bridgehead atoms. The van der Waals surface area contributed by atoms with Crippen LogP contribution in [0.4, 0.5) is 0 Å². The van der Waals surface area contributed by atoms with E-state index in [0.29, 0.717) is 6.61 Å². The lowest BCUT2D eigenvalue weighted by atomic mass is 10.00. The first kappa shape index (κ1) is 23.2. The number of pyridine rings is 1. The lowest BCUT2D eigenvalue weighted by Crippen LogP contribution is -1.95. The van der Waals surface area contributed by atoms with E-state index in [-0.39, 0.29) is 0 Å². The van der Waals surface area contributed by atoms with Gasteiger partial charge in [-0.2, -0.15) is 0 Å². The molecule has 1 aromatic heterocycles. The van der Waals surface area contributed by atoms with Gasteiger partial charge < -0.3 is 14.2 Å². The van der Waals surface area contributed by atoms with Gasteiger partial charge in [-0.05, 0) is 89.5 Å². The highest BCUT2D eigenvalue weighted by Crippen LogP contribution is 2.32. The van der Waals surface area contributed by atoms with E-state index in [1.54, 1.807) is 14.2 Å². The zero-order chi connectivity index (χ0) is 24.7. The smallest absolute Gasteiger partial charge is 0.119 e. The van der Waals surface area contributed by atoms with Crippen molar-refractivity contribution >= 4 is 0 Å². The Morgan fingerprint density at radius 3 is 1.47 bits per heavy atom. The summed E-state index contributed by atoms with van der Waals surface area (Å²) in [6.07, 6.45) is 0. The van der Waals surface area contributed by atoms with Crippen molar-refractivity contribution in [1.82, 2.24) is 4.98 Å². The van der Waals surface area contributed by atoms with Crippen LogP contribution in [0.2, 0.25) is 0 Å². The summed E-state index contributed by atoms with van der Waals surface area (Å²) in [6.45, 7) is 0.540. The molecule has 0 aliphatic carbocycles. The molecule has 0 spiro atoms. The Balaban J connectivity index is 1.48. The van der Waals surface area contributed by atoms with E-state index in [2.05, 4.69) is 36.4 Å². The minimum absolute atomic E-state index is 0.540. The molecule has 4 heteroatoms. The van der Waals surface area contributed by atoms with Crippen molar-refractivity contribution in [2.24, 2.45) is 0 Å². The first-order valence-corrected chi connectivity index (χ1v) is 11.8. The van der Waals surface area contributed by atoms with Gasteiger partial charge in [0, 0.05) is 11.1 Å². The monoisotopic (exact) mass is 473 g/mol. The van der Waals surface area contributed by atoms with Crippen LogP contribution < -0.4 is 14.2 Å². The Morgan fingerprint density at radius 2 is 0.972 bits per heavy atom. The molecule has 5 aromatic rings. The van der Waals surface area contributed by atoms with E-state index < -0.39 is 0 Å². The van der Waals surface area contributed by atoms with Gasteiger partial charge in [-0.25, -0.2) is 4.98 Å². The normalized spacial score (nSPS) is 10.6. The molecule has 4 aromatic carbocycles. The van der Waals surface area contributed by atoms with Crippen molar-refractivity contribution in [2.75, 3.05) is 14.2 Å². The Hall–Kier alpha value is -4.57. The molecule has 0 saturated heterocycles. The average molecular weight is 474 g/mol. The second kappa shape index (κ2) is 10.8. The molecule has 0 fully saturated rings. The summed E-state index contributed by atoms with van der Waals surface area (Å²) >= 11 is 0. The second-order valence-electron chi connectivity index (χ2n) is 8.38. The molecule has 4 nitrogen and oxygen atoms in total. The second-order valence-corrected chi connectivity index (χ2v) is 8.38. The van der Waals surface area contributed by atoms with Gasteiger partial charge in [0.15, 0.2) is 0 Å². The lowest BCUT2D eigenvalue weighted by molar-refractivity contribution is 0.306. The van der Waals surface area contributed by atoms with E-state index >= 15 is 0 Å². The summed E-state index contributed by atoms with van der Waals surface area (Å²) in [6, 6.07) is 38.6.